The topological polar surface area (TPSA) is 88.8 Å². The number of aliphatic hydroxyl groups excluding tert-OH is 1. The molecule has 0 spiro atoms. The Bertz CT molecular complexity index is 1010. The summed E-state index contributed by atoms with van der Waals surface area (Å²) in [5, 5.41) is 12.6. The van der Waals surface area contributed by atoms with Crippen LogP contribution in [0.15, 0.2) is 36.5 Å². The van der Waals surface area contributed by atoms with Gasteiger partial charge in [0.15, 0.2) is 5.69 Å². The number of aromatic nitrogens is 3. The first-order chi connectivity index (χ1) is 13.5. The van der Waals surface area contributed by atoms with E-state index in [1.165, 1.54) is 11.5 Å². The summed E-state index contributed by atoms with van der Waals surface area (Å²) in [5.74, 6) is -0.783. The number of nitrogens with one attached hydrogen (secondary N) is 1. The Morgan fingerprint density at radius 1 is 1.36 bits per heavy atom. The number of halogens is 1. The number of aryl methyl sites for hydroxylation is 1. The van der Waals surface area contributed by atoms with Crippen molar-refractivity contribution >= 4 is 11.6 Å². The molecule has 0 aromatic carbocycles. The lowest BCUT2D eigenvalue weighted by Gasteiger charge is -2.38. The largest absolute Gasteiger partial charge is 0.481 e. The summed E-state index contributed by atoms with van der Waals surface area (Å²) in [7, 11) is 1.53. The first-order valence-corrected chi connectivity index (χ1v) is 9.10. The van der Waals surface area contributed by atoms with Gasteiger partial charge in [0.05, 0.1) is 19.3 Å². The van der Waals surface area contributed by atoms with Crippen LogP contribution < -0.4 is 10.1 Å². The zero-order valence-corrected chi connectivity index (χ0v) is 15.6. The van der Waals surface area contributed by atoms with Gasteiger partial charge in [-0.05, 0) is 43.4 Å². The zero-order valence-electron chi connectivity index (χ0n) is 15.6. The highest BCUT2D eigenvalue weighted by Gasteiger charge is 2.36. The molecular weight excluding hydrogens is 363 g/mol. The molecular formula is C20H21FN4O3. The summed E-state index contributed by atoms with van der Waals surface area (Å²) in [6.07, 6.45) is 2.36. The number of nitrogens with zero attached hydrogens (tertiary/aromatic N) is 3. The van der Waals surface area contributed by atoms with Gasteiger partial charge in [-0.1, -0.05) is 12.1 Å². The predicted octanol–water partition coefficient (Wildman–Crippen LogP) is 2.43. The molecule has 8 heteroatoms. The van der Waals surface area contributed by atoms with Gasteiger partial charge >= 0.3 is 0 Å². The number of ether oxygens (including phenoxy) is 1. The number of carbonyl (C=O) groups excluding carboxylic acids is 1. The molecule has 1 fully saturated rings. The Kier molecular flexibility index (Phi) is 4.72. The van der Waals surface area contributed by atoms with Crippen molar-refractivity contribution in [2.75, 3.05) is 7.11 Å². The van der Waals surface area contributed by atoms with Crippen LogP contribution in [-0.4, -0.2) is 38.6 Å². The minimum absolute atomic E-state index is 0.0379. The first kappa shape index (κ1) is 18.4. The zero-order chi connectivity index (χ0) is 19.8. The molecule has 3 aromatic rings. The fourth-order valence-corrected chi connectivity index (χ4v) is 3.64. The van der Waals surface area contributed by atoms with Crippen LogP contribution in [-0.2, 0) is 0 Å². The van der Waals surface area contributed by atoms with Crippen LogP contribution in [0.25, 0.3) is 5.65 Å². The normalized spacial score (nSPS) is 19.9. The summed E-state index contributed by atoms with van der Waals surface area (Å²) in [5.41, 5.74) is 1.55. The van der Waals surface area contributed by atoms with Gasteiger partial charge in [-0.3, -0.25) is 9.20 Å². The number of pyridine rings is 2. The van der Waals surface area contributed by atoms with Crippen molar-refractivity contribution in [2.24, 2.45) is 5.92 Å². The number of carbonyl (C=O) groups is 1. The smallest absolute Gasteiger partial charge is 0.275 e. The second-order valence-corrected chi connectivity index (χ2v) is 7.08. The molecule has 0 saturated heterocycles. The molecule has 2 N–H and O–H groups in total. The molecule has 3 aromatic heterocycles. The van der Waals surface area contributed by atoms with Gasteiger partial charge in [-0.25, -0.2) is 9.97 Å². The summed E-state index contributed by atoms with van der Waals surface area (Å²) in [6, 6.07) is 8.28. The molecule has 7 nitrogen and oxygen atoms in total. The lowest BCUT2D eigenvalue weighted by molar-refractivity contribution is 0.0233. The van der Waals surface area contributed by atoms with Crippen LogP contribution >= 0.6 is 0 Å². The van der Waals surface area contributed by atoms with Gasteiger partial charge in [0.25, 0.3) is 5.91 Å². The molecule has 0 aliphatic heterocycles. The number of methoxy groups -OCH3 is 1. The van der Waals surface area contributed by atoms with Crippen LogP contribution in [0, 0.1) is 18.8 Å². The molecule has 28 heavy (non-hydrogen) atoms. The van der Waals surface area contributed by atoms with Gasteiger partial charge in [-0.15, -0.1) is 0 Å². The monoisotopic (exact) mass is 384 g/mol. The number of imidazole rings is 1. The third-order valence-corrected chi connectivity index (χ3v) is 5.23. The first-order valence-electron chi connectivity index (χ1n) is 9.10. The molecule has 0 radical (unpaired) electrons. The average Bonchev–Trinajstić information content (AvgIpc) is 3.02. The van der Waals surface area contributed by atoms with Crippen LogP contribution in [0.1, 0.15) is 40.6 Å². The van der Waals surface area contributed by atoms with E-state index in [2.05, 4.69) is 15.3 Å². The van der Waals surface area contributed by atoms with E-state index in [0.717, 1.165) is 5.56 Å². The Morgan fingerprint density at radius 2 is 2.14 bits per heavy atom. The second-order valence-electron chi connectivity index (χ2n) is 7.08. The van der Waals surface area contributed by atoms with E-state index in [0.29, 0.717) is 30.1 Å². The second kappa shape index (κ2) is 7.20. The number of hydrogen-bond donors (Lipinski definition) is 2. The molecule has 1 atom stereocenters. The maximum absolute atomic E-state index is 14.8. The van der Waals surface area contributed by atoms with Crippen LogP contribution in [0.4, 0.5) is 4.39 Å². The summed E-state index contributed by atoms with van der Waals surface area (Å²) < 4.78 is 21.2. The molecule has 0 bridgehead atoms. The molecule has 1 amide bonds. The van der Waals surface area contributed by atoms with E-state index in [1.54, 1.807) is 37.4 Å². The van der Waals surface area contributed by atoms with E-state index in [9.17, 15) is 14.3 Å². The number of hydrogen-bond acceptors (Lipinski definition) is 5. The van der Waals surface area contributed by atoms with Crippen molar-refractivity contribution in [2.45, 2.75) is 31.9 Å². The number of amides is 1. The lowest BCUT2D eigenvalue weighted by Crippen LogP contribution is -2.41. The third kappa shape index (κ3) is 3.20. The van der Waals surface area contributed by atoms with Gasteiger partial charge in [0.1, 0.15) is 5.65 Å². The fourth-order valence-electron chi connectivity index (χ4n) is 3.64. The molecule has 1 saturated carbocycles. The van der Waals surface area contributed by atoms with Crippen molar-refractivity contribution in [3.63, 3.8) is 0 Å². The van der Waals surface area contributed by atoms with Gasteiger partial charge in [0, 0.05) is 18.0 Å². The minimum atomic E-state index is -0.689. The average molecular weight is 384 g/mol. The van der Waals surface area contributed by atoms with Crippen molar-refractivity contribution in [3.8, 4) is 5.88 Å². The van der Waals surface area contributed by atoms with E-state index >= 15 is 0 Å². The van der Waals surface area contributed by atoms with Gasteiger partial charge in [0.2, 0.25) is 11.8 Å². The molecule has 3 heterocycles. The van der Waals surface area contributed by atoms with E-state index in [4.69, 9.17) is 4.74 Å². The highest BCUT2D eigenvalue weighted by molar-refractivity contribution is 5.93. The fraction of sp³-hybridized carbons (Fsp3) is 0.350. The molecule has 1 aliphatic rings. The molecule has 146 valence electrons. The summed E-state index contributed by atoms with van der Waals surface area (Å²) >= 11 is 0. The van der Waals surface area contributed by atoms with Crippen LogP contribution in [0.5, 0.6) is 5.88 Å². The third-order valence-electron chi connectivity index (χ3n) is 5.23. The van der Waals surface area contributed by atoms with Crippen molar-refractivity contribution < 1.29 is 19.0 Å². The maximum Gasteiger partial charge on any atom is 0.275 e. The molecule has 4 rings (SSSR count). The quantitative estimate of drug-likeness (QED) is 0.705. The van der Waals surface area contributed by atoms with Crippen molar-refractivity contribution in [1.29, 1.82) is 0 Å². The highest BCUT2D eigenvalue weighted by atomic mass is 19.1. The van der Waals surface area contributed by atoms with E-state index in [1.807, 2.05) is 6.07 Å². The van der Waals surface area contributed by atoms with Crippen LogP contribution in [0.3, 0.4) is 0 Å². The molecule has 1 aliphatic carbocycles. The Hall–Kier alpha value is -3.00. The van der Waals surface area contributed by atoms with Crippen LogP contribution in [0.2, 0.25) is 0 Å². The summed E-state index contributed by atoms with van der Waals surface area (Å²) in [4.78, 5) is 21.2. The standard InChI is InChI=1S/C20H21FN4O3/c1-11-4-3-5-15-23-18(19(21)25(11)15)20(27)24-17(13-8-14(26)9-13)12-6-7-16(28-2)22-10-12/h3-7,10,13-14,17,26H,8-9H2,1-2H3,(H,24,27)/t13?,14?,17-/m1/s1. The van der Waals surface area contributed by atoms with Gasteiger partial charge < -0.3 is 15.2 Å². The van der Waals surface area contributed by atoms with E-state index in [-0.39, 0.29) is 17.7 Å². The lowest BCUT2D eigenvalue weighted by atomic mass is 9.75. The SMILES string of the molecule is COc1ccc([C@@H](NC(=O)c2nc3cccc(C)n3c2F)C2CC(O)C2)cn1. The van der Waals surface area contributed by atoms with E-state index < -0.39 is 17.9 Å². The van der Waals surface area contributed by atoms with Crippen molar-refractivity contribution in [1.82, 2.24) is 19.7 Å². The summed E-state index contributed by atoms with van der Waals surface area (Å²) in [6.45, 7) is 1.75. The highest BCUT2D eigenvalue weighted by Crippen LogP contribution is 2.38. The van der Waals surface area contributed by atoms with Gasteiger partial charge in [-0.2, -0.15) is 4.39 Å². The maximum atomic E-state index is 14.8. The number of rotatable bonds is 5. The van der Waals surface area contributed by atoms with Crippen molar-refractivity contribution in [3.05, 3.63) is 59.4 Å². The Labute approximate surface area is 161 Å². The predicted molar refractivity (Wildman–Crippen MR) is 99.6 cm³/mol. The Morgan fingerprint density at radius 3 is 2.75 bits per heavy atom. The number of fused-ring (bicyclic) bond motifs is 1. The minimum Gasteiger partial charge on any atom is -0.481 e. The number of aliphatic hydroxyl groups is 1. The molecule has 0 unspecified atom stereocenters. The Balaban J connectivity index is 1.64.